The molecule has 0 spiro atoms. The molecule has 1 aliphatic rings. The molecule has 7 heteroatoms. The zero-order valence-corrected chi connectivity index (χ0v) is 14.1. The molecule has 0 radical (unpaired) electrons. The number of pyridine rings is 1. The Morgan fingerprint density at radius 1 is 1.16 bits per heavy atom. The molecule has 3 aromatic rings. The monoisotopic (exact) mass is 336 g/mol. The molecule has 1 saturated heterocycles. The lowest BCUT2D eigenvalue weighted by Crippen LogP contribution is -2.44. The van der Waals surface area contributed by atoms with E-state index in [1.54, 1.807) is 18.5 Å². The quantitative estimate of drug-likeness (QED) is 0.779. The maximum atomic E-state index is 11.6. The molecule has 25 heavy (non-hydrogen) atoms. The molecule has 0 bridgehead atoms. The lowest BCUT2D eigenvalue weighted by Gasteiger charge is -2.33. The first kappa shape index (κ1) is 15.6. The number of fused-ring (bicyclic) bond motifs is 1. The highest BCUT2D eigenvalue weighted by Gasteiger charge is 2.17. The van der Waals surface area contributed by atoms with Crippen molar-refractivity contribution in [3.63, 3.8) is 0 Å². The number of likely N-dealkylation sites (N-methyl/N-ethyl adjacent to an activating group) is 1. The smallest absolute Gasteiger partial charge is 0.249 e. The van der Waals surface area contributed by atoms with Crippen LogP contribution in [0.25, 0.3) is 16.6 Å². The van der Waals surface area contributed by atoms with Crippen LogP contribution in [-0.4, -0.2) is 58.8 Å². The number of amides is 1. The van der Waals surface area contributed by atoms with E-state index in [0.29, 0.717) is 5.56 Å². The maximum Gasteiger partial charge on any atom is 0.249 e. The van der Waals surface area contributed by atoms with Crippen LogP contribution in [0.3, 0.4) is 0 Å². The average Bonchev–Trinajstić information content (AvgIpc) is 3.06. The van der Waals surface area contributed by atoms with Crippen molar-refractivity contribution in [3.05, 3.63) is 48.3 Å². The van der Waals surface area contributed by atoms with E-state index in [1.165, 1.54) is 0 Å². The second kappa shape index (κ2) is 6.18. The third-order valence-electron chi connectivity index (χ3n) is 4.68. The van der Waals surface area contributed by atoms with E-state index in [4.69, 9.17) is 5.73 Å². The first-order chi connectivity index (χ1) is 12.1. The van der Waals surface area contributed by atoms with Gasteiger partial charge in [0.2, 0.25) is 5.91 Å². The average molecular weight is 336 g/mol. The lowest BCUT2D eigenvalue weighted by molar-refractivity contribution is 0.100. The minimum Gasteiger partial charge on any atom is -0.366 e. The summed E-state index contributed by atoms with van der Waals surface area (Å²) in [5.41, 5.74) is 7.72. The molecule has 0 saturated carbocycles. The van der Waals surface area contributed by atoms with Gasteiger partial charge in [-0.3, -0.25) is 4.79 Å². The summed E-state index contributed by atoms with van der Waals surface area (Å²) < 4.78 is 1.82. The van der Waals surface area contributed by atoms with Crippen LogP contribution in [-0.2, 0) is 0 Å². The van der Waals surface area contributed by atoms with Gasteiger partial charge in [0.15, 0.2) is 0 Å². The largest absolute Gasteiger partial charge is 0.366 e. The Morgan fingerprint density at radius 2 is 1.96 bits per heavy atom. The van der Waals surface area contributed by atoms with Gasteiger partial charge >= 0.3 is 0 Å². The summed E-state index contributed by atoms with van der Waals surface area (Å²) >= 11 is 0. The number of carbonyl (C=O) groups is 1. The summed E-state index contributed by atoms with van der Waals surface area (Å²) in [5.74, 6) is 0.498. The second-order valence-corrected chi connectivity index (χ2v) is 6.32. The number of anilines is 1. The summed E-state index contributed by atoms with van der Waals surface area (Å²) in [4.78, 5) is 20.7. The number of nitrogens with two attached hydrogens (primary N) is 1. The molecule has 1 amide bonds. The van der Waals surface area contributed by atoms with Gasteiger partial charge in [-0.25, -0.2) is 9.67 Å². The molecule has 1 fully saturated rings. The molecule has 0 unspecified atom stereocenters. The minimum absolute atomic E-state index is 0.446. The fourth-order valence-corrected chi connectivity index (χ4v) is 3.22. The predicted octanol–water partition coefficient (Wildman–Crippen LogP) is 1.27. The SMILES string of the molecule is CN1CCN(c2cc(-n3ncc4c(C(N)=O)cccc43)ccn2)CC1. The highest BCUT2D eigenvalue weighted by atomic mass is 16.1. The second-order valence-electron chi connectivity index (χ2n) is 6.32. The van der Waals surface area contributed by atoms with Crippen molar-refractivity contribution in [3.8, 4) is 5.69 Å². The number of primary amides is 1. The van der Waals surface area contributed by atoms with Crippen LogP contribution in [0, 0.1) is 0 Å². The van der Waals surface area contributed by atoms with Crippen molar-refractivity contribution >= 4 is 22.6 Å². The molecular formula is C18H20N6O. The van der Waals surface area contributed by atoms with E-state index in [2.05, 4.69) is 26.9 Å². The molecule has 3 heterocycles. The van der Waals surface area contributed by atoms with Crippen molar-refractivity contribution in [1.29, 1.82) is 0 Å². The van der Waals surface area contributed by atoms with Crippen molar-refractivity contribution < 1.29 is 4.79 Å². The van der Waals surface area contributed by atoms with Gasteiger partial charge < -0.3 is 15.5 Å². The molecule has 2 aromatic heterocycles. The number of rotatable bonds is 3. The summed E-state index contributed by atoms with van der Waals surface area (Å²) in [7, 11) is 2.13. The van der Waals surface area contributed by atoms with E-state index >= 15 is 0 Å². The third-order valence-corrected chi connectivity index (χ3v) is 4.68. The molecule has 7 nitrogen and oxygen atoms in total. The number of nitrogens with zero attached hydrogens (tertiary/aromatic N) is 5. The third kappa shape index (κ3) is 2.83. The number of piperazine rings is 1. The van der Waals surface area contributed by atoms with Gasteiger partial charge in [0, 0.05) is 43.8 Å². The van der Waals surface area contributed by atoms with Crippen LogP contribution >= 0.6 is 0 Å². The highest BCUT2D eigenvalue weighted by Crippen LogP contribution is 2.23. The fraction of sp³-hybridized carbons (Fsp3) is 0.278. The van der Waals surface area contributed by atoms with E-state index < -0.39 is 5.91 Å². The Balaban J connectivity index is 1.73. The molecule has 1 aliphatic heterocycles. The van der Waals surface area contributed by atoms with Gasteiger partial charge in [0.05, 0.1) is 23.0 Å². The Kier molecular flexibility index (Phi) is 3.85. The maximum absolute atomic E-state index is 11.6. The summed E-state index contributed by atoms with van der Waals surface area (Å²) in [6.07, 6.45) is 3.49. The number of hydrogen-bond acceptors (Lipinski definition) is 5. The zero-order valence-electron chi connectivity index (χ0n) is 14.1. The van der Waals surface area contributed by atoms with Gasteiger partial charge in [-0.2, -0.15) is 5.10 Å². The van der Waals surface area contributed by atoms with E-state index in [-0.39, 0.29) is 0 Å². The summed E-state index contributed by atoms with van der Waals surface area (Å²) in [6, 6.07) is 9.43. The van der Waals surface area contributed by atoms with Gasteiger partial charge in [-0.05, 0) is 25.2 Å². The number of carbonyl (C=O) groups excluding carboxylic acids is 1. The molecule has 128 valence electrons. The number of aromatic nitrogens is 3. The summed E-state index contributed by atoms with van der Waals surface area (Å²) in [5, 5.41) is 5.22. The molecule has 0 aliphatic carbocycles. The fourth-order valence-electron chi connectivity index (χ4n) is 3.22. The summed E-state index contributed by atoms with van der Waals surface area (Å²) in [6.45, 7) is 3.97. The molecule has 2 N–H and O–H groups in total. The Labute approximate surface area is 145 Å². The van der Waals surface area contributed by atoms with E-state index in [9.17, 15) is 4.79 Å². The molecular weight excluding hydrogens is 316 g/mol. The minimum atomic E-state index is -0.446. The van der Waals surface area contributed by atoms with Crippen LogP contribution in [0.4, 0.5) is 5.82 Å². The highest BCUT2D eigenvalue weighted by molar-refractivity contribution is 6.05. The van der Waals surface area contributed by atoms with Gasteiger partial charge in [0.25, 0.3) is 0 Å². The topological polar surface area (TPSA) is 80.3 Å². The van der Waals surface area contributed by atoms with Gasteiger partial charge in [-0.1, -0.05) is 6.07 Å². The molecule has 1 aromatic carbocycles. The molecule has 0 atom stereocenters. The van der Waals surface area contributed by atoms with E-state index in [0.717, 1.165) is 48.6 Å². The molecule has 4 rings (SSSR count). The Bertz CT molecular complexity index is 926. The van der Waals surface area contributed by atoms with Crippen LogP contribution in [0.2, 0.25) is 0 Å². The first-order valence-corrected chi connectivity index (χ1v) is 8.30. The normalized spacial score (nSPS) is 15.6. The van der Waals surface area contributed by atoms with Crippen molar-refractivity contribution in [2.24, 2.45) is 5.73 Å². The van der Waals surface area contributed by atoms with Crippen LogP contribution < -0.4 is 10.6 Å². The lowest BCUT2D eigenvalue weighted by atomic mass is 10.1. The number of benzene rings is 1. The standard InChI is InChI=1S/C18H20N6O/c1-22-7-9-23(10-8-22)17-11-13(5-6-20-17)24-16-4-2-3-14(18(19)25)15(16)12-21-24/h2-6,11-12H,7-10H2,1H3,(H2,19,25). The van der Waals surface area contributed by atoms with Gasteiger partial charge in [-0.15, -0.1) is 0 Å². The predicted molar refractivity (Wildman–Crippen MR) is 97.1 cm³/mol. The van der Waals surface area contributed by atoms with Crippen LogP contribution in [0.15, 0.2) is 42.7 Å². The number of hydrogen-bond donors (Lipinski definition) is 1. The van der Waals surface area contributed by atoms with Crippen molar-refractivity contribution in [1.82, 2.24) is 19.7 Å². The Hall–Kier alpha value is -2.93. The van der Waals surface area contributed by atoms with E-state index in [1.807, 2.05) is 28.9 Å². The van der Waals surface area contributed by atoms with Crippen LogP contribution in [0.1, 0.15) is 10.4 Å². The zero-order chi connectivity index (χ0) is 17.4. The Morgan fingerprint density at radius 3 is 2.72 bits per heavy atom. The van der Waals surface area contributed by atoms with Crippen molar-refractivity contribution in [2.75, 3.05) is 38.1 Å². The van der Waals surface area contributed by atoms with Gasteiger partial charge in [0.1, 0.15) is 5.82 Å². The first-order valence-electron chi connectivity index (χ1n) is 8.30. The van der Waals surface area contributed by atoms with Crippen LogP contribution in [0.5, 0.6) is 0 Å². The van der Waals surface area contributed by atoms with Crippen molar-refractivity contribution in [2.45, 2.75) is 0 Å².